The Bertz CT molecular complexity index is 852. The number of carbonyl (C=O) groups is 1. The van der Waals surface area contributed by atoms with Crippen LogP contribution in [0.3, 0.4) is 0 Å². The Morgan fingerprint density at radius 3 is 2.72 bits per heavy atom. The van der Waals surface area contributed by atoms with Crippen LogP contribution in [0.5, 0.6) is 0 Å². The summed E-state index contributed by atoms with van der Waals surface area (Å²) in [6.45, 7) is 4.95. The predicted molar refractivity (Wildman–Crippen MR) is 95.5 cm³/mol. The quantitative estimate of drug-likeness (QED) is 0.615. The fraction of sp³-hybridized carbons (Fsp3) is 0.389. The molecule has 1 aromatic carbocycles. The van der Waals surface area contributed by atoms with Gasteiger partial charge in [-0.05, 0) is 30.9 Å². The number of rotatable bonds is 7. The lowest BCUT2D eigenvalue weighted by molar-refractivity contribution is 0.240. The first-order valence-electron chi connectivity index (χ1n) is 8.56. The van der Waals surface area contributed by atoms with Gasteiger partial charge in [0.05, 0.1) is 0 Å². The predicted octanol–water partition coefficient (Wildman–Crippen LogP) is 2.51. The first-order chi connectivity index (χ1) is 12.2. The number of nitrogens with one attached hydrogen (secondary N) is 3. The highest BCUT2D eigenvalue weighted by molar-refractivity contribution is 5.86. The Labute approximate surface area is 146 Å². The van der Waals surface area contributed by atoms with Crippen LogP contribution < -0.4 is 10.6 Å². The highest BCUT2D eigenvalue weighted by atomic mass is 16.5. The molecule has 3 rings (SSSR count). The van der Waals surface area contributed by atoms with Crippen molar-refractivity contribution in [3.63, 3.8) is 0 Å². The van der Waals surface area contributed by atoms with Crippen molar-refractivity contribution in [3.8, 4) is 0 Å². The molecule has 25 heavy (non-hydrogen) atoms. The number of hydrogen-bond donors (Lipinski definition) is 3. The molecule has 3 aromatic rings. The summed E-state index contributed by atoms with van der Waals surface area (Å²) in [5.41, 5.74) is 3.72. The van der Waals surface area contributed by atoms with E-state index >= 15 is 0 Å². The number of para-hydroxylation sites is 1. The molecule has 0 aliphatic carbocycles. The molecule has 2 aromatic heterocycles. The number of aromatic amines is 1. The molecule has 7 heteroatoms. The number of amides is 2. The maximum atomic E-state index is 11.8. The molecule has 7 nitrogen and oxygen atoms in total. The second kappa shape index (κ2) is 7.83. The van der Waals surface area contributed by atoms with E-state index in [9.17, 15) is 4.79 Å². The summed E-state index contributed by atoms with van der Waals surface area (Å²) >= 11 is 0. The largest absolute Gasteiger partial charge is 0.361 e. The van der Waals surface area contributed by atoms with E-state index in [0.717, 1.165) is 12.8 Å². The van der Waals surface area contributed by atoms with Crippen molar-refractivity contribution in [3.05, 3.63) is 47.2 Å². The molecule has 0 unspecified atom stereocenters. The van der Waals surface area contributed by atoms with Gasteiger partial charge in [-0.25, -0.2) is 4.79 Å². The first kappa shape index (κ1) is 17.0. The lowest BCUT2D eigenvalue weighted by atomic mass is 10.1. The summed E-state index contributed by atoms with van der Waals surface area (Å²) in [6.07, 6.45) is 4.33. The van der Waals surface area contributed by atoms with Gasteiger partial charge in [-0.15, -0.1) is 0 Å². The minimum Gasteiger partial charge on any atom is -0.361 e. The minimum atomic E-state index is -0.190. The van der Waals surface area contributed by atoms with Crippen LogP contribution in [0.25, 0.3) is 10.9 Å². The Hall–Kier alpha value is -2.83. The zero-order chi connectivity index (χ0) is 17.6. The van der Waals surface area contributed by atoms with Crippen LogP contribution >= 0.6 is 0 Å². The Balaban J connectivity index is 1.44. The maximum absolute atomic E-state index is 11.8. The van der Waals surface area contributed by atoms with E-state index in [1.54, 1.807) is 6.92 Å². The third-order valence-electron chi connectivity index (χ3n) is 4.14. The summed E-state index contributed by atoms with van der Waals surface area (Å²) < 4.78 is 5.00. The van der Waals surface area contributed by atoms with E-state index < -0.39 is 0 Å². The zero-order valence-electron chi connectivity index (χ0n) is 14.6. The van der Waals surface area contributed by atoms with Crippen LogP contribution in [-0.4, -0.2) is 34.2 Å². The van der Waals surface area contributed by atoms with Gasteiger partial charge >= 0.3 is 6.03 Å². The van der Waals surface area contributed by atoms with Crippen molar-refractivity contribution in [2.24, 2.45) is 0 Å². The Morgan fingerprint density at radius 2 is 2.00 bits per heavy atom. The van der Waals surface area contributed by atoms with E-state index in [2.05, 4.69) is 50.9 Å². The van der Waals surface area contributed by atoms with E-state index in [1.165, 1.54) is 22.0 Å². The SMILES string of the molecule is CCc1cccc2c(CCNC(=O)NCCc3nc(C)no3)c[nH]c12. The second-order valence-corrected chi connectivity index (χ2v) is 5.93. The molecular formula is C18H23N5O2. The molecule has 0 radical (unpaired) electrons. The smallest absolute Gasteiger partial charge is 0.314 e. The Morgan fingerprint density at radius 1 is 1.20 bits per heavy atom. The summed E-state index contributed by atoms with van der Waals surface area (Å²) in [6, 6.07) is 6.15. The van der Waals surface area contributed by atoms with Gasteiger partial charge in [0, 0.05) is 36.6 Å². The number of aromatic nitrogens is 3. The van der Waals surface area contributed by atoms with Gasteiger partial charge in [0.15, 0.2) is 5.82 Å². The summed E-state index contributed by atoms with van der Waals surface area (Å²) in [4.78, 5) is 19.3. The molecule has 2 amide bonds. The van der Waals surface area contributed by atoms with Gasteiger partial charge in [0.25, 0.3) is 0 Å². The zero-order valence-corrected chi connectivity index (χ0v) is 14.6. The minimum absolute atomic E-state index is 0.190. The van der Waals surface area contributed by atoms with Crippen LogP contribution in [0, 0.1) is 6.92 Å². The van der Waals surface area contributed by atoms with E-state index in [1.807, 2.05) is 6.20 Å². The summed E-state index contributed by atoms with van der Waals surface area (Å²) in [5, 5.41) is 10.6. The normalized spacial score (nSPS) is 11.0. The number of benzene rings is 1. The molecule has 3 N–H and O–H groups in total. The van der Waals surface area contributed by atoms with E-state index in [-0.39, 0.29) is 6.03 Å². The van der Waals surface area contributed by atoms with E-state index in [4.69, 9.17) is 4.52 Å². The van der Waals surface area contributed by atoms with Crippen LogP contribution in [0.15, 0.2) is 28.9 Å². The fourth-order valence-corrected chi connectivity index (χ4v) is 2.87. The monoisotopic (exact) mass is 341 g/mol. The molecule has 0 fully saturated rings. The standard InChI is InChI=1S/C18H23N5O2/c1-3-13-5-4-6-15-14(11-21-17(13)15)7-9-19-18(24)20-10-8-16-22-12(2)23-25-16/h4-6,11,21H,3,7-10H2,1-2H3,(H2,19,20,24). The van der Waals surface area contributed by atoms with Gasteiger partial charge in [-0.2, -0.15) is 4.98 Å². The lowest BCUT2D eigenvalue weighted by Gasteiger charge is -2.06. The topological polar surface area (TPSA) is 95.8 Å². The molecule has 0 bridgehead atoms. The van der Waals surface area contributed by atoms with Crippen LogP contribution in [0.4, 0.5) is 4.79 Å². The summed E-state index contributed by atoms with van der Waals surface area (Å²) in [5.74, 6) is 1.13. The highest BCUT2D eigenvalue weighted by Crippen LogP contribution is 2.22. The van der Waals surface area contributed by atoms with Crippen molar-refractivity contribution in [1.82, 2.24) is 25.8 Å². The molecule has 2 heterocycles. The van der Waals surface area contributed by atoms with Crippen molar-refractivity contribution in [2.75, 3.05) is 13.1 Å². The molecule has 0 aliphatic heterocycles. The average molecular weight is 341 g/mol. The molecule has 0 atom stereocenters. The maximum Gasteiger partial charge on any atom is 0.314 e. The molecule has 0 aliphatic rings. The van der Waals surface area contributed by atoms with Gasteiger partial charge in [0.2, 0.25) is 5.89 Å². The van der Waals surface area contributed by atoms with Crippen molar-refractivity contribution in [1.29, 1.82) is 0 Å². The molecule has 0 saturated heterocycles. The van der Waals surface area contributed by atoms with Gasteiger partial charge < -0.3 is 20.1 Å². The molecule has 132 valence electrons. The Kier molecular flexibility index (Phi) is 5.33. The molecule has 0 saturated carbocycles. The second-order valence-electron chi connectivity index (χ2n) is 5.93. The first-order valence-corrected chi connectivity index (χ1v) is 8.56. The molecule has 0 spiro atoms. The number of aryl methyl sites for hydroxylation is 2. The van der Waals surface area contributed by atoms with Gasteiger partial charge in [-0.3, -0.25) is 0 Å². The highest BCUT2D eigenvalue weighted by Gasteiger charge is 2.08. The van der Waals surface area contributed by atoms with Crippen LogP contribution in [0.2, 0.25) is 0 Å². The number of urea groups is 1. The number of H-pyrrole nitrogens is 1. The van der Waals surface area contributed by atoms with Crippen molar-refractivity contribution >= 4 is 16.9 Å². The van der Waals surface area contributed by atoms with Crippen LogP contribution in [-0.2, 0) is 19.3 Å². The summed E-state index contributed by atoms with van der Waals surface area (Å²) in [7, 11) is 0. The number of hydrogen-bond acceptors (Lipinski definition) is 4. The van der Waals surface area contributed by atoms with Gasteiger partial charge in [0.1, 0.15) is 0 Å². The van der Waals surface area contributed by atoms with Crippen molar-refractivity contribution in [2.45, 2.75) is 33.1 Å². The number of carbonyl (C=O) groups excluding carboxylic acids is 1. The third-order valence-corrected chi connectivity index (χ3v) is 4.14. The average Bonchev–Trinajstić information content (AvgIpc) is 3.21. The lowest BCUT2D eigenvalue weighted by Crippen LogP contribution is -2.37. The third kappa shape index (κ3) is 4.17. The van der Waals surface area contributed by atoms with E-state index in [0.29, 0.717) is 31.2 Å². The van der Waals surface area contributed by atoms with Gasteiger partial charge in [-0.1, -0.05) is 30.3 Å². The van der Waals surface area contributed by atoms with Crippen molar-refractivity contribution < 1.29 is 9.32 Å². The van der Waals surface area contributed by atoms with Crippen LogP contribution in [0.1, 0.15) is 29.8 Å². The molecular weight excluding hydrogens is 318 g/mol. The number of fused-ring (bicyclic) bond motifs is 1. The number of nitrogens with zero attached hydrogens (tertiary/aromatic N) is 2. The fourth-order valence-electron chi connectivity index (χ4n) is 2.87.